The van der Waals surface area contributed by atoms with Gasteiger partial charge in [0.15, 0.2) is 0 Å². The lowest BCUT2D eigenvalue weighted by molar-refractivity contribution is -0.120. The third-order valence-corrected chi connectivity index (χ3v) is 5.49. The average Bonchev–Trinajstić information content (AvgIpc) is 2.75. The van der Waals surface area contributed by atoms with Crippen molar-refractivity contribution in [3.05, 3.63) is 65.4 Å². The molecule has 1 aromatic heterocycles. The molecule has 0 radical (unpaired) electrons. The molecule has 2 heterocycles. The molecule has 0 spiro atoms. The second-order valence-corrected chi connectivity index (χ2v) is 7.53. The van der Waals surface area contributed by atoms with E-state index in [9.17, 15) is 18.8 Å². The summed E-state index contributed by atoms with van der Waals surface area (Å²) >= 11 is 0. The number of anilines is 2. The fraction of sp³-hybridized carbons (Fsp3) is 0.261. The first kappa shape index (κ1) is 19.8. The van der Waals surface area contributed by atoms with Gasteiger partial charge < -0.3 is 10.2 Å². The van der Waals surface area contributed by atoms with E-state index in [4.69, 9.17) is 0 Å². The van der Waals surface area contributed by atoms with Crippen LogP contribution in [-0.2, 0) is 4.79 Å². The van der Waals surface area contributed by atoms with Crippen LogP contribution in [0, 0.1) is 35.8 Å². The molecule has 3 aromatic rings. The third kappa shape index (κ3) is 3.81. The number of hydrogen-bond acceptors (Lipinski definition) is 4. The number of hydrogen-bond donors (Lipinski definition) is 1. The summed E-state index contributed by atoms with van der Waals surface area (Å²) in [4.78, 5) is 19.1. The third-order valence-electron chi connectivity index (χ3n) is 5.49. The van der Waals surface area contributed by atoms with Gasteiger partial charge in [0, 0.05) is 36.7 Å². The van der Waals surface area contributed by atoms with Gasteiger partial charge in [0.05, 0.1) is 22.5 Å². The molecule has 1 amide bonds. The van der Waals surface area contributed by atoms with Crippen LogP contribution in [0.4, 0.5) is 20.2 Å². The molecule has 4 rings (SSSR count). The van der Waals surface area contributed by atoms with E-state index < -0.39 is 11.6 Å². The van der Waals surface area contributed by atoms with E-state index in [-0.39, 0.29) is 17.5 Å². The number of carbonyl (C=O) groups excluding carboxylic acids is 1. The highest BCUT2D eigenvalue weighted by Gasteiger charge is 2.28. The maximum atomic E-state index is 13.8. The molecule has 7 heteroatoms. The smallest absolute Gasteiger partial charge is 0.227 e. The quantitative estimate of drug-likeness (QED) is 0.693. The van der Waals surface area contributed by atoms with Crippen molar-refractivity contribution in [1.29, 1.82) is 5.26 Å². The number of benzene rings is 2. The number of pyridine rings is 1. The van der Waals surface area contributed by atoms with Gasteiger partial charge in [-0.2, -0.15) is 5.26 Å². The topological polar surface area (TPSA) is 69.0 Å². The van der Waals surface area contributed by atoms with Gasteiger partial charge in [0.1, 0.15) is 17.7 Å². The fourth-order valence-electron chi connectivity index (χ4n) is 3.91. The summed E-state index contributed by atoms with van der Waals surface area (Å²) < 4.78 is 26.9. The molecule has 0 atom stereocenters. The van der Waals surface area contributed by atoms with Gasteiger partial charge in [-0.05, 0) is 44.0 Å². The van der Waals surface area contributed by atoms with Gasteiger partial charge in [0.25, 0.3) is 0 Å². The Morgan fingerprint density at radius 1 is 1.20 bits per heavy atom. The number of rotatable bonds is 3. The van der Waals surface area contributed by atoms with Gasteiger partial charge in [0.2, 0.25) is 5.91 Å². The predicted octanol–water partition coefficient (Wildman–Crippen LogP) is 4.55. The normalized spacial score (nSPS) is 14.5. The molecule has 1 aliphatic rings. The highest BCUT2D eigenvalue weighted by molar-refractivity contribution is 5.96. The zero-order chi connectivity index (χ0) is 21.3. The van der Waals surface area contributed by atoms with Crippen molar-refractivity contribution in [3.63, 3.8) is 0 Å². The summed E-state index contributed by atoms with van der Waals surface area (Å²) in [7, 11) is 0. The lowest BCUT2D eigenvalue weighted by Gasteiger charge is -2.34. The number of piperidine rings is 1. The van der Waals surface area contributed by atoms with Crippen molar-refractivity contribution >= 4 is 28.2 Å². The van der Waals surface area contributed by atoms with Gasteiger partial charge >= 0.3 is 0 Å². The molecule has 5 nitrogen and oxygen atoms in total. The van der Waals surface area contributed by atoms with Crippen molar-refractivity contribution in [2.24, 2.45) is 5.92 Å². The average molecular weight is 406 g/mol. The summed E-state index contributed by atoms with van der Waals surface area (Å²) in [5.74, 6) is -2.05. The molecular formula is C23H20F2N4O. The highest BCUT2D eigenvalue weighted by atomic mass is 19.1. The zero-order valence-electron chi connectivity index (χ0n) is 16.5. The van der Waals surface area contributed by atoms with Crippen LogP contribution in [0.2, 0.25) is 0 Å². The molecule has 2 aromatic carbocycles. The van der Waals surface area contributed by atoms with Crippen LogP contribution in [-0.4, -0.2) is 24.0 Å². The summed E-state index contributed by atoms with van der Waals surface area (Å²) in [6.45, 7) is 3.17. The number of amides is 1. The number of nitrogens with one attached hydrogen (secondary N) is 1. The van der Waals surface area contributed by atoms with Crippen molar-refractivity contribution in [1.82, 2.24) is 4.98 Å². The van der Waals surface area contributed by atoms with E-state index in [1.54, 1.807) is 6.20 Å². The van der Waals surface area contributed by atoms with E-state index in [1.165, 1.54) is 6.07 Å². The highest BCUT2D eigenvalue weighted by Crippen LogP contribution is 2.33. The van der Waals surface area contributed by atoms with Gasteiger partial charge in [-0.3, -0.25) is 9.78 Å². The van der Waals surface area contributed by atoms with Crippen molar-refractivity contribution in [2.45, 2.75) is 19.8 Å². The van der Waals surface area contributed by atoms with Crippen LogP contribution < -0.4 is 10.2 Å². The lowest BCUT2D eigenvalue weighted by atomic mass is 9.94. The van der Waals surface area contributed by atoms with Crippen LogP contribution in [0.25, 0.3) is 10.9 Å². The Bertz CT molecular complexity index is 1160. The first-order valence-corrected chi connectivity index (χ1v) is 9.76. The lowest BCUT2D eigenvalue weighted by Crippen LogP contribution is -2.38. The SMILES string of the molecule is Cc1ccc2ncc(C#N)c(N3CCC(C(=O)Nc4ccc(F)cc4F)CC3)c2c1. The Kier molecular flexibility index (Phi) is 5.32. The van der Waals surface area contributed by atoms with Crippen LogP contribution in [0.15, 0.2) is 42.6 Å². The van der Waals surface area contributed by atoms with E-state index >= 15 is 0 Å². The zero-order valence-corrected chi connectivity index (χ0v) is 16.5. The Labute approximate surface area is 172 Å². The maximum absolute atomic E-state index is 13.8. The van der Waals surface area contributed by atoms with Gasteiger partial charge in [-0.1, -0.05) is 11.6 Å². The molecular weight excluding hydrogens is 386 g/mol. The first-order valence-electron chi connectivity index (χ1n) is 9.76. The van der Waals surface area contributed by atoms with Crippen molar-refractivity contribution < 1.29 is 13.6 Å². The van der Waals surface area contributed by atoms with E-state index in [1.807, 2.05) is 25.1 Å². The second-order valence-electron chi connectivity index (χ2n) is 7.53. The van der Waals surface area contributed by atoms with Crippen LogP contribution in [0.5, 0.6) is 0 Å². The molecule has 30 heavy (non-hydrogen) atoms. The van der Waals surface area contributed by atoms with Crippen LogP contribution in [0.3, 0.4) is 0 Å². The van der Waals surface area contributed by atoms with E-state index in [2.05, 4.69) is 21.3 Å². The number of nitrogens with zero attached hydrogens (tertiary/aromatic N) is 3. The number of aryl methyl sites for hydroxylation is 1. The molecule has 0 saturated carbocycles. The summed E-state index contributed by atoms with van der Waals surface area (Å²) in [5, 5.41) is 13.1. The monoisotopic (exact) mass is 406 g/mol. The van der Waals surface area contributed by atoms with Gasteiger partial charge in [-0.15, -0.1) is 0 Å². The molecule has 152 valence electrons. The summed E-state index contributed by atoms with van der Waals surface area (Å²) in [6, 6.07) is 11.3. The first-order chi connectivity index (χ1) is 14.5. The summed E-state index contributed by atoms with van der Waals surface area (Å²) in [6.07, 6.45) is 2.72. The van der Waals surface area contributed by atoms with Crippen molar-refractivity contribution in [3.8, 4) is 6.07 Å². The Balaban J connectivity index is 1.52. The van der Waals surface area contributed by atoms with Crippen LogP contribution >= 0.6 is 0 Å². The molecule has 0 unspecified atom stereocenters. The molecule has 1 aliphatic heterocycles. The Morgan fingerprint density at radius 2 is 1.97 bits per heavy atom. The minimum absolute atomic E-state index is 0.0220. The minimum atomic E-state index is -0.793. The maximum Gasteiger partial charge on any atom is 0.227 e. The number of nitriles is 1. The minimum Gasteiger partial charge on any atom is -0.370 e. The van der Waals surface area contributed by atoms with Crippen molar-refractivity contribution in [2.75, 3.05) is 23.3 Å². The van der Waals surface area contributed by atoms with E-state index in [0.29, 0.717) is 31.5 Å². The standard InChI is InChI=1S/C23H20F2N4O/c1-14-2-4-20-18(10-14)22(16(12-26)13-27-20)29-8-6-15(7-9-29)23(30)28-21-5-3-17(24)11-19(21)25/h2-5,10-11,13,15H,6-9H2,1H3,(H,28,30). The largest absolute Gasteiger partial charge is 0.370 e. The number of carbonyl (C=O) groups is 1. The molecule has 1 saturated heterocycles. The number of halogens is 2. The number of aromatic nitrogens is 1. The van der Waals surface area contributed by atoms with E-state index in [0.717, 1.165) is 34.3 Å². The second kappa shape index (κ2) is 8.07. The van der Waals surface area contributed by atoms with Gasteiger partial charge in [-0.25, -0.2) is 8.78 Å². The number of fused-ring (bicyclic) bond motifs is 1. The Morgan fingerprint density at radius 3 is 2.67 bits per heavy atom. The molecule has 0 aliphatic carbocycles. The molecule has 0 bridgehead atoms. The molecule has 1 fully saturated rings. The fourth-order valence-corrected chi connectivity index (χ4v) is 3.91. The Hall–Kier alpha value is -3.53. The summed E-state index contributed by atoms with van der Waals surface area (Å²) in [5.41, 5.74) is 3.22. The predicted molar refractivity (Wildman–Crippen MR) is 111 cm³/mol. The molecule has 1 N–H and O–H groups in total. The van der Waals surface area contributed by atoms with Crippen LogP contribution in [0.1, 0.15) is 24.0 Å².